The first-order valence-corrected chi connectivity index (χ1v) is 10.4. The second-order valence-corrected chi connectivity index (χ2v) is 9.32. The van der Waals surface area contributed by atoms with E-state index in [4.69, 9.17) is 0 Å². The van der Waals surface area contributed by atoms with Crippen molar-refractivity contribution in [1.29, 1.82) is 0 Å². The fraction of sp³-hybridized carbons (Fsp3) is 0.375. The van der Waals surface area contributed by atoms with Crippen LogP contribution in [0.4, 0.5) is 5.13 Å². The summed E-state index contributed by atoms with van der Waals surface area (Å²) in [5.74, 6) is -0.262. The van der Waals surface area contributed by atoms with E-state index in [0.29, 0.717) is 16.3 Å². The summed E-state index contributed by atoms with van der Waals surface area (Å²) in [7, 11) is -1.01. The number of benzene rings is 1. The lowest BCUT2D eigenvalue weighted by molar-refractivity contribution is 0.102. The molecule has 2 aromatic rings. The zero-order chi connectivity index (χ0) is 17.3. The van der Waals surface area contributed by atoms with E-state index in [9.17, 15) is 13.2 Å². The zero-order valence-electron chi connectivity index (χ0n) is 13.6. The van der Waals surface area contributed by atoms with Crippen molar-refractivity contribution in [2.75, 3.05) is 25.2 Å². The van der Waals surface area contributed by atoms with Crippen LogP contribution in [-0.2, 0) is 28.6 Å². The largest absolute Gasteiger partial charge is 0.301 e. The Morgan fingerprint density at radius 2 is 2.04 bits per heavy atom. The van der Waals surface area contributed by atoms with Gasteiger partial charge in [-0.3, -0.25) is 10.1 Å². The molecule has 0 saturated heterocycles. The molecule has 1 aliphatic rings. The normalized spacial score (nSPS) is 15.1. The monoisotopic (exact) mass is 365 g/mol. The molecule has 0 spiro atoms. The van der Waals surface area contributed by atoms with Gasteiger partial charge in [-0.2, -0.15) is 0 Å². The number of likely N-dealkylation sites (N-methyl/N-ethyl adjacent to an activating group) is 1. The third-order valence-electron chi connectivity index (χ3n) is 3.79. The van der Waals surface area contributed by atoms with Gasteiger partial charge in [0.1, 0.15) is 0 Å². The van der Waals surface area contributed by atoms with Crippen molar-refractivity contribution >= 4 is 32.2 Å². The van der Waals surface area contributed by atoms with Gasteiger partial charge in [-0.25, -0.2) is 13.4 Å². The van der Waals surface area contributed by atoms with Crippen molar-refractivity contribution in [3.8, 4) is 0 Å². The Morgan fingerprint density at radius 3 is 2.71 bits per heavy atom. The Bertz CT molecular complexity index is 857. The van der Waals surface area contributed by atoms with E-state index >= 15 is 0 Å². The van der Waals surface area contributed by atoms with E-state index in [0.717, 1.165) is 25.2 Å². The fourth-order valence-corrected chi connectivity index (χ4v) is 4.48. The molecule has 0 fully saturated rings. The minimum absolute atomic E-state index is 0.0262. The number of carbonyl (C=O) groups is 1. The summed E-state index contributed by atoms with van der Waals surface area (Å²) >= 11 is 1.51. The van der Waals surface area contributed by atoms with Gasteiger partial charge in [0, 0.05) is 36.2 Å². The summed E-state index contributed by atoms with van der Waals surface area (Å²) in [5.41, 5.74) is 2.22. The summed E-state index contributed by atoms with van der Waals surface area (Å²) in [6.07, 6.45) is 2.09. The molecule has 1 amide bonds. The zero-order valence-corrected chi connectivity index (χ0v) is 15.2. The highest BCUT2D eigenvalue weighted by Crippen LogP contribution is 2.28. The molecule has 2 heterocycles. The van der Waals surface area contributed by atoms with E-state index in [-0.39, 0.29) is 11.7 Å². The fourth-order valence-electron chi connectivity index (χ4n) is 2.60. The molecular weight excluding hydrogens is 346 g/mol. The number of hydrogen-bond acceptors (Lipinski definition) is 6. The van der Waals surface area contributed by atoms with E-state index in [1.165, 1.54) is 22.5 Å². The Morgan fingerprint density at radius 1 is 1.33 bits per heavy atom. The van der Waals surface area contributed by atoms with Crippen LogP contribution in [0, 0.1) is 0 Å². The maximum absolute atomic E-state index is 12.3. The molecule has 1 N–H and O–H groups in total. The van der Waals surface area contributed by atoms with Gasteiger partial charge in [0.2, 0.25) is 0 Å². The number of hydrogen-bond donors (Lipinski definition) is 1. The van der Waals surface area contributed by atoms with Crippen LogP contribution in [0.3, 0.4) is 0 Å². The molecule has 128 valence electrons. The van der Waals surface area contributed by atoms with Crippen molar-refractivity contribution in [1.82, 2.24) is 9.88 Å². The van der Waals surface area contributed by atoms with E-state index in [1.807, 2.05) is 0 Å². The molecule has 0 atom stereocenters. The van der Waals surface area contributed by atoms with Crippen molar-refractivity contribution in [3.05, 3.63) is 46.0 Å². The summed E-state index contributed by atoms with van der Waals surface area (Å²) in [5, 5.41) is 3.44. The lowest BCUT2D eigenvalue weighted by Gasteiger charge is -2.20. The first kappa shape index (κ1) is 17.1. The van der Waals surface area contributed by atoms with Crippen LogP contribution in [-0.4, -0.2) is 44.1 Å². The van der Waals surface area contributed by atoms with Gasteiger partial charge in [0.05, 0.1) is 11.4 Å². The van der Waals surface area contributed by atoms with Crippen LogP contribution in [0.25, 0.3) is 0 Å². The Labute approximate surface area is 145 Å². The Balaban J connectivity index is 1.69. The topological polar surface area (TPSA) is 79.4 Å². The van der Waals surface area contributed by atoms with Crippen LogP contribution >= 0.6 is 11.3 Å². The second kappa shape index (κ2) is 6.62. The first-order chi connectivity index (χ1) is 11.3. The molecule has 1 aliphatic heterocycles. The summed E-state index contributed by atoms with van der Waals surface area (Å²) in [6, 6.07) is 6.60. The minimum atomic E-state index is -3.08. The molecule has 24 heavy (non-hydrogen) atoms. The van der Waals surface area contributed by atoms with Crippen LogP contribution in [0.2, 0.25) is 0 Å². The van der Waals surface area contributed by atoms with Crippen LogP contribution in [0.1, 0.15) is 26.5 Å². The lowest BCUT2D eigenvalue weighted by Crippen LogP contribution is -2.25. The third-order valence-corrected chi connectivity index (χ3v) is 5.64. The molecule has 0 saturated carbocycles. The van der Waals surface area contributed by atoms with E-state index < -0.39 is 9.84 Å². The molecule has 0 radical (unpaired) electrons. The number of aromatic nitrogens is 1. The minimum Gasteiger partial charge on any atom is -0.301 e. The van der Waals surface area contributed by atoms with E-state index in [2.05, 4.69) is 22.2 Å². The highest BCUT2D eigenvalue weighted by atomic mass is 32.2. The van der Waals surface area contributed by atoms with Crippen LogP contribution < -0.4 is 5.32 Å². The lowest BCUT2D eigenvalue weighted by atomic mass is 10.1. The van der Waals surface area contributed by atoms with Gasteiger partial charge in [-0.15, -0.1) is 11.3 Å². The Kier molecular flexibility index (Phi) is 4.71. The second-order valence-electron chi connectivity index (χ2n) is 6.10. The number of amides is 1. The SMILES string of the molecule is CN1CCc2nc(NC(=O)c3ccc(CS(C)(=O)=O)cc3)sc2C1. The summed E-state index contributed by atoms with van der Waals surface area (Å²) in [4.78, 5) is 20.2. The number of carbonyl (C=O) groups excluding carboxylic acids is 1. The standard InChI is InChI=1S/C16H19N3O3S2/c1-19-8-7-13-14(9-19)23-16(17-13)18-15(20)12-5-3-11(4-6-12)10-24(2,21)22/h3-6H,7-10H2,1-2H3,(H,17,18,20). The van der Waals surface area contributed by atoms with Crippen LogP contribution in [0.15, 0.2) is 24.3 Å². The number of thiazole rings is 1. The van der Waals surface area contributed by atoms with Crippen molar-refractivity contribution in [2.24, 2.45) is 0 Å². The molecular formula is C16H19N3O3S2. The number of sulfone groups is 1. The van der Waals surface area contributed by atoms with Crippen LogP contribution in [0.5, 0.6) is 0 Å². The average Bonchev–Trinajstić information content (AvgIpc) is 2.87. The molecule has 3 rings (SSSR count). The van der Waals surface area contributed by atoms with Gasteiger partial charge in [-0.1, -0.05) is 12.1 Å². The first-order valence-electron chi connectivity index (χ1n) is 7.55. The number of fused-ring (bicyclic) bond motifs is 1. The van der Waals surface area contributed by atoms with Gasteiger partial charge >= 0.3 is 0 Å². The van der Waals surface area contributed by atoms with Gasteiger partial charge < -0.3 is 4.90 Å². The predicted molar refractivity (Wildman–Crippen MR) is 95.1 cm³/mol. The van der Waals surface area contributed by atoms with Gasteiger partial charge in [-0.05, 0) is 24.7 Å². The average molecular weight is 365 g/mol. The summed E-state index contributed by atoms with van der Waals surface area (Å²) < 4.78 is 22.6. The van der Waals surface area contributed by atoms with E-state index in [1.54, 1.807) is 24.3 Å². The predicted octanol–water partition coefficient (Wildman–Crippen LogP) is 1.93. The number of anilines is 1. The third kappa shape index (κ3) is 4.19. The molecule has 0 aliphatic carbocycles. The molecule has 0 bridgehead atoms. The van der Waals surface area contributed by atoms with Gasteiger partial charge in [0.25, 0.3) is 5.91 Å². The molecule has 1 aromatic heterocycles. The van der Waals surface area contributed by atoms with Gasteiger partial charge in [0.15, 0.2) is 15.0 Å². The highest BCUT2D eigenvalue weighted by Gasteiger charge is 2.19. The summed E-state index contributed by atoms with van der Waals surface area (Å²) in [6.45, 7) is 1.84. The number of rotatable bonds is 4. The highest BCUT2D eigenvalue weighted by molar-refractivity contribution is 7.89. The number of nitrogens with zero attached hydrogens (tertiary/aromatic N) is 2. The quantitative estimate of drug-likeness (QED) is 0.896. The van der Waals surface area contributed by atoms with Crippen molar-refractivity contribution in [2.45, 2.75) is 18.7 Å². The molecule has 1 aromatic carbocycles. The number of nitrogens with one attached hydrogen (secondary N) is 1. The van der Waals surface area contributed by atoms with Crippen molar-refractivity contribution < 1.29 is 13.2 Å². The molecule has 0 unspecified atom stereocenters. The maximum atomic E-state index is 12.3. The van der Waals surface area contributed by atoms with Crippen molar-refractivity contribution in [3.63, 3.8) is 0 Å². The smallest absolute Gasteiger partial charge is 0.257 e. The maximum Gasteiger partial charge on any atom is 0.257 e. The molecule has 8 heteroatoms. The molecule has 6 nitrogen and oxygen atoms in total. The Hall–Kier alpha value is -1.77.